The first-order chi connectivity index (χ1) is 15.5. The third-order valence-corrected chi connectivity index (χ3v) is 6.54. The minimum atomic E-state index is -0.561. The third-order valence-electron chi connectivity index (χ3n) is 6.54. The van der Waals surface area contributed by atoms with Crippen LogP contribution in [0.15, 0.2) is 51.7 Å². The number of hydrogen-bond acceptors (Lipinski definition) is 6. The van der Waals surface area contributed by atoms with Crippen LogP contribution < -0.4 is 5.63 Å². The van der Waals surface area contributed by atoms with Crippen molar-refractivity contribution in [1.82, 2.24) is 4.90 Å². The predicted molar refractivity (Wildman–Crippen MR) is 123 cm³/mol. The zero-order valence-electron chi connectivity index (χ0n) is 18.6. The first-order valence-corrected chi connectivity index (χ1v) is 11.1. The Kier molecular flexibility index (Phi) is 6.61. The Hall–Kier alpha value is -3.12. The minimum Gasteiger partial charge on any atom is -0.507 e. The highest BCUT2D eigenvalue weighted by molar-refractivity contribution is 5.87. The van der Waals surface area contributed by atoms with E-state index in [1.54, 1.807) is 19.1 Å². The van der Waals surface area contributed by atoms with Crippen LogP contribution in [-0.2, 0) is 28.9 Å². The van der Waals surface area contributed by atoms with Crippen LogP contribution in [0, 0.1) is 12.8 Å². The van der Waals surface area contributed by atoms with E-state index < -0.39 is 11.6 Å². The molecule has 1 aliphatic rings. The van der Waals surface area contributed by atoms with Crippen LogP contribution in [0.5, 0.6) is 5.75 Å². The molecule has 1 saturated heterocycles. The van der Waals surface area contributed by atoms with Gasteiger partial charge in [-0.1, -0.05) is 30.3 Å². The lowest BCUT2D eigenvalue weighted by atomic mass is 9.90. The van der Waals surface area contributed by atoms with Gasteiger partial charge in [-0.3, -0.25) is 9.69 Å². The Morgan fingerprint density at radius 3 is 2.53 bits per heavy atom. The molecule has 0 aliphatic carbocycles. The Labute approximate surface area is 187 Å². The molecule has 0 amide bonds. The summed E-state index contributed by atoms with van der Waals surface area (Å²) >= 11 is 0. The summed E-state index contributed by atoms with van der Waals surface area (Å²) in [5.74, 6) is 0.278. The molecule has 32 heavy (non-hydrogen) atoms. The van der Waals surface area contributed by atoms with E-state index in [1.807, 2.05) is 6.07 Å². The summed E-state index contributed by atoms with van der Waals surface area (Å²) in [6, 6.07) is 13.9. The number of benzene rings is 2. The normalized spacial score (nSPS) is 15.2. The van der Waals surface area contributed by atoms with Crippen LogP contribution in [0.25, 0.3) is 11.0 Å². The number of nitrogens with zero attached hydrogens (tertiary/aromatic N) is 1. The number of phenolic OH excluding ortho intramolecular Hbond substituents is 1. The lowest BCUT2D eigenvalue weighted by Crippen LogP contribution is -2.34. The average molecular weight is 436 g/mol. The number of aromatic hydroxyl groups is 1. The molecule has 6 heteroatoms. The van der Waals surface area contributed by atoms with E-state index >= 15 is 0 Å². The number of aryl methyl sites for hydroxylation is 1. The summed E-state index contributed by atoms with van der Waals surface area (Å²) in [6.45, 7) is 4.17. The number of ether oxygens (including phenoxy) is 1. The Bertz CT molecular complexity index is 1160. The molecule has 1 N–H and O–H groups in total. The van der Waals surface area contributed by atoms with E-state index in [0.717, 1.165) is 37.7 Å². The van der Waals surface area contributed by atoms with Crippen molar-refractivity contribution in [3.63, 3.8) is 0 Å². The van der Waals surface area contributed by atoms with E-state index in [0.29, 0.717) is 34.7 Å². The monoisotopic (exact) mass is 435 g/mol. The molecule has 2 heterocycles. The highest BCUT2D eigenvalue weighted by atomic mass is 16.5. The number of piperidine rings is 1. The van der Waals surface area contributed by atoms with Crippen molar-refractivity contribution in [2.45, 2.75) is 39.2 Å². The van der Waals surface area contributed by atoms with Gasteiger partial charge in [0.05, 0.1) is 24.7 Å². The fourth-order valence-electron chi connectivity index (χ4n) is 4.59. The highest BCUT2D eigenvalue weighted by Crippen LogP contribution is 2.32. The fraction of sp³-hybridized carbons (Fsp3) is 0.385. The Morgan fingerprint density at radius 2 is 1.84 bits per heavy atom. The first-order valence-electron chi connectivity index (χ1n) is 11.1. The van der Waals surface area contributed by atoms with Crippen LogP contribution in [0.4, 0.5) is 0 Å². The summed E-state index contributed by atoms with van der Waals surface area (Å²) in [4.78, 5) is 26.6. The van der Waals surface area contributed by atoms with E-state index in [1.165, 1.54) is 12.7 Å². The number of methoxy groups -OCH3 is 1. The topological polar surface area (TPSA) is 80.0 Å². The zero-order chi connectivity index (χ0) is 22.7. The molecule has 0 spiro atoms. The molecule has 1 fully saturated rings. The molecule has 0 bridgehead atoms. The summed E-state index contributed by atoms with van der Waals surface area (Å²) in [5.41, 5.74) is 2.81. The van der Waals surface area contributed by atoms with Gasteiger partial charge in [-0.25, -0.2) is 4.79 Å². The number of phenols is 1. The van der Waals surface area contributed by atoms with Crippen LogP contribution in [0.2, 0.25) is 0 Å². The molecule has 0 unspecified atom stereocenters. The van der Waals surface area contributed by atoms with Gasteiger partial charge in [0.1, 0.15) is 11.3 Å². The largest absolute Gasteiger partial charge is 0.507 e. The Balaban J connectivity index is 1.52. The van der Waals surface area contributed by atoms with Gasteiger partial charge in [0, 0.05) is 11.9 Å². The maximum atomic E-state index is 12.6. The molecule has 3 aromatic rings. The molecule has 2 aromatic carbocycles. The lowest BCUT2D eigenvalue weighted by molar-refractivity contribution is -0.139. The number of carbonyl (C=O) groups is 1. The first kappa shape index (κ1) is 22.1. The molecule has 6 nitrogen and oxygen atoms in total. The van der Waals surface area contributed by atoms with Crippen molar-refractivity contribution >= 4 is 16.9 Å². The molecule has 0 saturated carbocycles. The van der Waals surface area contributed by atoms with Crippen LogP contribution in [-0.4, -0.2) is 36.2 Å². The molecular formula is C26H29NO5. The summed E-state index contributed by atoms with van der Waals surface area (Å²) in [5, 5.41) is 11.3. The number of hydrogen-bond donors (Lipinski definition) is 1. The lowest BCUT2D eigenvalue weighted by Gasteiger charge is -2.32. The number of likely N-dealkylation sites (tertiary alicyclic amines) is 1. The molecule has 0 atom stereocenters. The minimum absolute atomic E-state index is 0.118. The SMILES string of the molecule is COC(=O)Cc1c(C)c2ccc(O)c(CN3CCC(Cc4ccccc4)CC3)c2oc1=O. The van der Waals surface area contributed by atoms with E-state index in [2.05, 4.69) is 29.2 Å². The number of carbonyl (C=O) groups excluding carboxylic acids is 1. The number of fused-ring (bicyclic) bond motifs is 1. The van der Waals surface area contributed by atoms with Crippen LogP contribution in [0.3, 0.4) is 0 Å². The van der Waals surface area contributed by atoms with E-state index in [9.17, 15) is 14.7 Å². The summed E-state index contributed by atoms with van der Waals surface area (Å²) in [7, 11) is 1.29. The van der Waals surface area contributed by atoms with E-state index in [-0.39, 0.29) is 12.2 Å². The van der Waals surface area contributed by atoms with Crippen molar-refractivity contribution < 1.29 is 19.1 Å². The van der Waals surface area contributed by atoms with Crippen molar-refractivity contribution in [2.24, 2.45) is 5.92 Å². The van der Waals surface area contributed by atoms with Crippen molar-refractivity contribution in [3.8, 4) is 5.75 Å². The van der Waals surface area contributed by atoms with Crippen molar-refractivity contribution in [2.75, 3.05) is 20.2 Å². The Morgan fingerprint density at radius 1 is 1.12 bits per heavy atom. The highest BCUT2D eigenvalue weighted by Gasteiger charge is 2.23. The van der Waals surface area contributed by atoms with Gasteiger partial charge in [-0.15, -0.1) is 0 Å². The second kappa shape index (κ2) is 9.57. The molecular weight excluding hydrogens is 406 g/mol. The number of rotatable bonds is 6. The standard InChI is InChI=1S/C26H29NO5/c1-17-20-8-9-23(28)22(25(20)32-26(30)21(17)15-24(29)31-2)16-27-12-10-19(11-13-27)14-18-6-4-3-5-7-18/h3-9,19,28H,10-16H2,1-2H3. The maximum Gasteiger partial charge on any atom is 0.340 e. The van der Waals surface area contributed by atoms with Crippen molar-refractivity contribution in [1.29, 1.82) is 0 Å². The summed E-state index contributed by atoms with van der Waals surface area (Å²) in [6.07, 6.45) is 3.14. The van der Waals surface area contributed by atoms with Gasteiger partial charge in [0.25, 0.3) is 0 Å². The number of esters is 1. The molecule has 4 rings (SSSR count). The van der Waals surface area contributed by atoms with Gasteiger partial charge >= 0.3 is 11.6 Å². The fourth-order valence-corrected chi connectivity index (χ4v) is 4.59. The molecule has 168 valence electrons. The third kappa shape index (κ3) is 4.70. The van der Waals surface area contributed by atoms with Crippen molar-refractivity contribution in [3.05, 3.63) is 75.1 Å². The van der Waals surface area contributed by atoms with Gasteiger partial charge in [0.2, 0.25) is 0 Å². The van der Waals surface area contributed by atoms with Gasteiger partial charge in [0.15, 0.2) is 0 Å². The van der Waals surface area contributed by atoms with Gasteiger partial charge in [-0.2, -0.15) is 0 Å². The van der Waals surface area contributed by atoms with Crippen LogP contribution in [0.1, 0.15) is 35.1 Å². The van der Waals surface area contributed by atoms with Gasteiger partial charge < -0.3 is 14.3 Å². The smallest absolute Gasteiger partial charge is 0.340 e. The molecule has 0 radical (unpaired) electrons. The van der Waals surface area contributed by atoms with Gasteiger partial charge in [-0.05, 0) is 68.5 Å². The molecule has 1 aliphatic heterocycles. The average Bonchev–Trinajstić information content (AvgIpc) is 2.80. The quantitative estimate of drug-likeness (QED) is 0.466. The second-order valence-corrected chi connectivity index (χ2v) is 8.60. The predicted octanol–water partition coefficient (Wildman–Crippen LogP) is 3.98. The molecule has 1 aromatic heterocycles. The maximum absolute atomic E-state index is 12.6. The second-order valence-electron chi connectivity index (χ2n) is 8.60. The summed E-state index contributed by atoms with van der Waals surface area (Å²) < 4.78 is 10.3. The van der Waals surface area contributed by atoms with E-state index in [4.69, 9.17) is 9.15 Å². The zero-order valence-corrected chi connectivity index (χ0v) is 18.6. The van der Waals surface area contributed by atoms with Crippen LogP contribution >= 0.6 is 0 Å².